The van der Waals surface area contributed by atoms with Crippen LogP contribution in [0, 0.1) is 0 Å². The fourth-order valence-corrected chi connectivity index (χ4v) is 2.57. The number of benzene rings is 2. The highest BCUT2D eigenvalue weighted by Crippen LogP contribution is 2.30. The smallest absolute Gasteiger partial charge is 0.416 e. The third kappa shape index (κ3) is 6.45. The minimum atomic E-state index is -4.51. The maximum atomic E-state index is 12.7. The molecule has 2 amide bonds. The Hall–Kier alpha value is -3.59. The molecule has 0 radical (unpaired) electrons. The van der Waals surface area contributed by atoms with Gasteiger partial charge in [0.1, 0.15) is 11.6 Å². The van der Waals surface area contributed by atoms with Gasteiger partial charge in [0.05, 0.1) is 10.6 Å². The molecule has 0 unspecified atom stereocenters. The molecule has 10 heteroatoms. The van der Waals surface area contributed by atoms with E-state index in [1.165, 1.54) is 42.6 Å². The second kappa shape index (κ2) is 9.48. The summed E-state index contributed by atoms with van der Waals surface area (Å²) < 4.78 is 43.5. The standard InChI is InChI=1S/C21H15ClF3N3O3/c22-15-6-9-18(26-11-15)28-20(30)13-4-7-17(8-5-13)31-12-19(29)27-16-3-1-2-14(10-16)21(23,24)25/h1-11H,12H2,(H,27,29)(H,26,28,30). The van der Waals surface area contributed by atoms with Crippen molar-refractivity contribution in [2.75, 3.05) is 17.2 Å². The Kier molecular flexibility index (Phi) is 6.76. The first-order valence-corrected chi connectivity index (χ1v) is 9.21. The normalized spacial score (nSPS) is 11.0. The number of ether oxygens (including phenoxy) is 1. The minimum absolute atomic E-state index is 0.00579. The number of nitrogens with zero attached hydrogens (tertiary/aromatic N) is 1. The number of rotatable bonds is 6. The Bertz CT molecular complexity index is 1070. The van der Waals surface area contributed by atoms with E-state index in [2.05, 4.69) is 15.6 Å². The second-order valence-corrected chi connectivity index (χ2v) is 6.69. The van der Waals surface area contributed by atoms with Gasteiger partial charge in [0.25, 0.3) is 11.8 Å². The number of aromatic nitrogens is 1. The average Bonchev–Trinajstić information content (AvgIpc) is 2.74. The molecule has 0 aliphatic carbocycles. The Labute approximate surface area is 180 Å². The molecule has 0 aliphatic heterocycles. The molecule has 0 fully saturated rings. The highest BCUT2D eigenvalue weighted by atomic mass is 35.5. The molecule has 1 heterocycles. The summed E-state index contributed by atoms with van der Waals surface area (Å²) in [5, 5.41) is 5.39. The van der Waals surface area contributed by atoms with Gasteiger partial charge in [0, 0.05) is 17.4 Å². The second-order valence-electron chi connectivity index (χ2n) is 6.26. The monoisotopic (exact) mass is 449 g/mol. The van der Waals surface area contributed by atoms with E-state index in [-0.39, 0.29) is 5.69 Å². The number of amides is 2. The summed E-state index contributed by atoms with van der Waals surface area (Å²) in [5.41, 5.74) is -0.530. The largest absolute Gasteiger partial charge is 0.484 e. The van der Waals surface area contributed by atoms with E-state index in [0.717, 1.165) is 12.1 Å². The van der Waals surface area contributed by atoms with Gasteiger partial charge in [-0.05, 0) is 54.6 Å². The highest BCUT2D eigenvalue weighted by Gasteiger charge is 2.30. The van der Waals surface area contributed by atoms with E-state index in [1.807, 2.05) is 0 Å². The zero-order valence-electron chi connectivity index (χ0n) is 15.7. The summed E-state index contributed by atoms with van der Waals surface area (Å²) in [4.78, 5) is 28.1. The van der Waals surface area contributed by atoms with Crippen molar-refractivity contribution in [3.8, 4) is 5.75 Å². The van der Waals surface area contributed by atoms with Gasteiger partial charge < -0.3 is 15.4 Å². The lowest BCUT2D eigenvalue weighted by molar-refractivity contribution is -0.137. The highest BCUT2D eigenvalue weighted by molar-refractivity contribution is 6.30. The van der Waals surface area contributed by atoms with E-state index in [9.17, 15) is 22.8 Å². The predicted octanol–water partition coefficient (Wildman–Crippen LogP) is 5.02. The Balaban J connectivity index is 1.52. The number of nitrogens with one attached hydrogen (secondary N) is 2. The lowest BCUT2D eigenvalue weighted by Crippen LogP contribution is -2.20. The van der Waals surface area contributed by atoms with Crippen molar-refractivity contribution in [3.63, 3.8) is 0 Å². The predicted molar refractivity (Wildman–Crippen MR) is 109 cm³/mol. The van der Waals surface area contributed by atoms with E-state index >= 15 is 0 Å². The van der Waals surface area contributed by atoms with Crippen molar-refractivity contribution in [2.24, 2.45) is 0 Å². The van der Waals surface area contributed by atoms with Crippen molar-refractivity contribution in [3.05, 3.63) is 83.0 Å². The first-order chi connectivity index (χ1) is 14.7. The lowest BCUT2D eigenvalue weighted by atomic mass is 10.2. The van der Waals surface area contributed by atoms with Crippen LogP contribution in [0.4, 0.5) is 24.7 Å². The number of pyridine rings is 1. The summed E-state index contributed by atoms with van der Waals surface area (Å²) >= 11 is 5.74. The van der Waals surface area contributed by atoms with Gasteiger partial charge >= 0.3 is 6.18 Å². The van der Waals surface area contributed by atoms with Crippen LogP contribution in [0.25, 0.3) is 0 Å². The Morgan fingerprint density at radius 2 is 1.74 bits per heavy atom. The molecule has 0 aliphatic rings. The summed E-state index contributed by atoms with van der Waals surface area (Å²) in [6.45, 7) is -0.420. The fraction of sp³-hybridized carbons (Fsp3) is 0.0952. The van der Waals surface area contributed by atoms with E-state index in [1.54, 1.807) is 12.1 Å². The van der Waals surface area contributed by atoms with E-state index in [4.69, 9.17) is 16.3 Å². The van der Waals surface area contributed by atoms with Gasteiger partial charge in [-0.1, -0.05) is 17.7 Å². The van der Waals surface area contributed by atoms with Crippen LogP contribution in [0.1, 0.15) is 15.9 Å². The van der Waals surface area contributed by atoms with Gasteiger partial charge in [-0.3, -0.25) is 9.59 Å². The van der Waals surface area contributed by atoms with Crippen molar-refractivity contribution in [1.82, 2.24) is 4.98 Å². The molecule has 2 aromatic carbocycles. The first kappa shape index (κ1) is 22.1. The van der Waals surface area contributed by atoms with Crippen LogP contribution in [0.3, 0.4) is 0 Å². The lowest BCUT2D eigenvalue weighted by Gasteiger charge is -2.11. The topological polar surface area (TPSA) is 80.3 Å². The van der Waals surface area contributed by atoms with Crippen LogP contribution in [0.15, 0.2) is 66.9 Å². The van der Waals surface area contributed by atoms with Crippen LogP contribution in [-0.2, 0) is 11.0 Å². The maximum Gasteiger partial charge on any atom is 0.416 e. The summed E-state index contributed by atoms with van der Waals surface area (Å²) in [5.74, 6) is -0.389. The fourth-order valence-electron chi connectivity index (χ4n) is 2.46. The number of anilines is 2. The van der Waals surface area contributed by atoms with Crippen molar-refractivity contribution >= 4 is 34.9 Å². The molecule has 3 rings (SSSR count). The molecule has 3 aromatic rings. The van der Waals surface area contributed by atoms with Gasteiger partial charge in [-0.2, -0.15) is 13.2 Å². The van der Waals surface area contributed by atoms with Crippen LogP contribution >= 0.6 is 11.6 Å². The maximum absolute atomic E-state index is 12.7. The summed E-state index contributed by atoms with van der Waals surface area (Å²) in [7, 11) is 0. The number of carbonyl (C=O) groups is 2. The van der Waals surface area contributed by atoms with Crippen molar-refractivity contribution in [2.45, 2.75) is 6.18 Å². The molecule has 160 valence electrons. The molecule has 0 atom stereocenters. The van der Waals surface area contributed by atoms with Crippen LogP contribution < -0.4 is 15.4 Å². The molecule has 31 heavy (non-hydrogen) atoms. The van der Waals surface area contributed by atoms with Crippen molar-refractivity contribution < 1.29 is 27.5 Å². The third-order valence-corrected chi connectivity index (χ3v) is 4.15. The van der Waals surface area contributed by atoms with Crippen molar-refractivity contribution in [1.29, 1.82) is 0 Å². The summed E-state index contributed by atoms with van der Waals surface area (Å²) in [6, 6.07) is 13.4. The number of halogens is 4. The van der Waals surface area contributed by atoms with Crippen LogP contribution in [0.5, 0.6) is 5.75 Å². The van der Waals surface area contributed by atoms with E-state index in [0.29, 0.717) is 22.2 Å². The third-order valence-electron chi connectivity index (χ3n) is 3.93. The van der Waals surface area contributed by atoms with Gasteiger partial charge in [0.2, 0.25) is 0 Å². The summed E-state index contributed by atoms with van der Waals surface area (Å²) in [6.07, 6.45) is -3.10. The quantitative estimate of drug-likeness (QED) is 0.553. The molecule has 2 N–H and O–H groups in total. The SMILES string of the molecule is O=C(COc1ccc(C(=O)Nc2ccc(Cl)cn2)cc1)Nc1cccc(C(F)(F)F)c1. The molecule has 0 saturated carbocycles. The number of hydrogen-bond donors (Lipinski definition) is 2. The Morgan fingerprint density at radius 1 is 1.00 bits per heavy atom. The van der Waals surface area contributed by atoms with Gasteiger partial charge in [-0.15, -0.1) is 0 Å². The van der Waals surface area contributed by atoms with Gasteiger partial charge in [0.15, 0.2) is 6.61 Å². The van der Waals surface area contributed by atoms with Crippen LogP contribution in [0.2, 0.25) is 5.02 Å². The molecular weight excluding hydrogens is 435 g/mol. The van der Waals surface area contributed by atoms with Crippen LogP contribution in [-0.4, -0.2) is 23.4 Å². The average molecular weight is 450 g/mol. The number of hydrogen-bond acceptors (Lipinski definition) is 4. The minimum Gasteiger partial charge on any atom is -0.484 e. The zero-order valence-corrected chi connectivity index (χ0v) is 16.5. The molecule has 0 spiro atoms. The molecule has 6 nitrogen and oxygen atoms in total. The number of carbonyl (C=O) groups excluding carboxylic acids is 2. The molecule has 0 saturated heterocycles. The molecule has 1 aromatic heterocycles. The Morgan fingerprint density at radius 3 is 2.39 bits per heavy atom. The van der Waals surface area contributed by atoms with E-state index < -0.39 is 30.2 Å². The molecular formula is C21H15ClF3N3O3. The zero-order chi connectivity index (χ0) is 22.4. The first-order valence-electron chi connectivity index (χ1n) is 8.83. The van der Waals surface area contributed by atoms with Gasteiger partial charge in [-0.25, -0.2) is 4.98 Å². The molecule has 0 bridgehead atoms. The number of alkyl halides is 3.